The van der Waals surface area contributed by atoms with Crippen LogP contribution in [0.2, 0.25) is 0 Å². The number of piperidine rings is 1. The third kappa shape index (κ3) is 13.1. The molecule has 0 aliphatic carbocycles. The molecule has 1 saturated heterocycles. The lowest BCUT2D eigenvalue weighted by Gasteiger charge is -2.26. The molecule has 12 nitrogen and oxygen atoms in total. The van der Waals surface area contributed by atoms with Crippen molar-refractivity contribution in [3.63, 3.8) is 0 Å². The number of fused-ring (bicyclic) bond motifs is 1. The molecular formula is C40H61N5O7. The van der Waals surface area contributed by atoms with Gasteiger partial charge in [-0.3, -0.25) is 18.7 Å². The summed E-state index contributed by atoms with van der Waals surface area (Å²) in [5.41, 5.74) is 16.1. The summed E-state index contributed by atoms with van der Waals surface area (Å²) in [6, 6.07) is 13.6. The van der Waals surface area contributed by atoms with Gasteiger partial charge in [-0.1, -0.05) is 56.0 Å². The fourth-order valence-corrected chi connectivity index (χ4v) is 6.66. The molecule has 0 radical (unpaired) electrons. The molecule has 2 amide bonds. The third-order valence-electron chi connectivity index (χ3n) is 9.99. The van der Waals surface area contributed by atoms with Crippen LogP contribution in [0.4, 0.5) is 0 Å². The molecule has 4 rings (SSSR count). The van der Waals surface area contributed by atoms with E-state index in [0.29, 0.717) is 32.5 Å². The van der Waals surface area contributed by atoms with Gasteiger partial charge < -0.3 is 36.1 Å². The van der Waals surface area contributed by atoms with Crippen LogP contribution in [0.15, 0.2) is 47.3 Å². The van der Waals surface area contributed by atoms with Gasteiger partial charge in [0.25, 0.3) is 0 Å². The maximum Gasteiger partial charge on any atom is 0.329 e. The van der Waals surface area contributed by atoms with Crippen LogP contribution in [0.5, 0.6) is 0 Å². The number of nitrogens with one attached hydrogen (secondary N) is 1. The van der Waals surface area contributed by atoms with E-state index in [1.54, 1.807) is 16.2 Å². The Labute approximate surface area is 308 Å². The number of primary amides is 1. The van der Waals surface area contributed by atoms with Crippen LogP contribution in [-0.4, -0.2) is 70.9 Å². The number of benzene rings is 2. The molecule has 2 aromatic carbocycles. The average Bonchev–Trinajstić information content (AvgIpc) is 3.37. The first-order valence-electron chi connectivity index (χ1n) is 19.2. The SMILES string of the molecule is C[C@@H](OCc1ccc(CCCOCCCCCCCCOCCCc2ccc3c(c2)n(C)c(=O)n3C2CCC(O)NC2=O)cc1)[C@@H](N)CCC(N)=O. The van der Waals surface area contributed by atoms with Gasteiger partial charge in [0.2, 0.25) is 11.8 Å². The van der Waals surface area contributed by atoms with Crippen molar-refractivity contribution < 1.29 is 28.9 Å². The molecular weight excluding hydrogens is 662 g/mol. The fraction of sp³-hybridized carbons (Fsp3) is 0.625. The highest BCUT2D eigenvalue weighted by molar-refractivity contribution is 5.85. The summed E-state index contributed by atoms with van der Waals surface area (Å²) in [4.78, 5) is 36.4. The lowest BCUT2D eigenvalue weighted by molar-refractivity contribution is -0.130. The zero-order chi connectivity index (χ0) is 37.3. The highest BCUT2D eigenvalue weighted by Gasteiger charge is 2.31. The van der Waals surface area contributed by atoms with E-state index < -0.39 is 12.3 Å². The number of ether oxygens (including phenoxy) is 3. The highest BCUT2D eigenvalue weighted by atomic mass is 16.5. The molecule has 3 aromatic rings. The molecule has 6 N–H and O–H groups in total. The number of hydrogen-bond acceptors (Lipinski definition) is 8. The predicted octanol–water partition coefficient (Wildman–Crippen LogP) is 4.55. The number of rotatable bonds is 25. The molecule has 4 atom stereocenters. The van der Waals surface area contributed by atoms with Crippen molar-refractivity contribution in [2.45, 2.75) is 128 Å². The molecule has 288 valence electrons. The van der Waals surface area contributed by atoms with Gasteiger partial charge >= 0.3 is 5.69 Å². The van der Waals surface area contributed by atoms with Crippen molar-refractivity contribution >= 4 is 22.8 Å². The number of hydrogen-bond donors (Lipinski definition) is 4. The average molecular weight is 724 g/mol. The Morgan fingerprint density at radius 3 is 2.06 bits per heavy atom. The summed E-state index contributed by atoms with van der Waals surface area (Å²) >= 11 is 0. The molecule has 0 spiro atoms. The van der Waals surface area contributed by atoms with Crippen molar-refractivity contribution in [1.29, 1.82) is 0 Å². The predicted molar refractivity (Wildman–Crippen MR) is 203 cm³/mol. The van der Waals surface area contributed by atoms with Crippen molar-refractivity contribution in [1.82, 2.24) is 14.5 Å². The van der Waals surface area contributed by atoms with Crippen LogP contribution >= 0.6 is 0 Å². The third-order valence-corrected chi connectivity index (χ3v) is 9.99. The number of nitrogens with two attached hydrogens (primary N) is 2. The minimum Gasteiger partial charge on any atom is -0.381 e. The van der Waals surface area contributed by atoms with Crippen molar-refractivity contribution in [3.8, 4) is 0 Å². The topological polar surface area (TPSA) is 173 Å². The summed E-state index contributed by atoms with van der Waals surface area (Å²) in [6.07, 6.45) is 11.4. The van der Waals surface area contributed by atoms with Gasteiger partial charge in [-0.25, -0.2) is 4.79 Å². The van der Waals surface area contributed by atoms with E-state index in [1.807, 2.05) is 25.1 Å². The zero-order valence-electron chi connectivity index (χ0n) is 31.2. The molecule has 0 bridgehead atoms. The maximum absolute atomic E-state index is 13.0. The molecule has 2 heterocycles. The van der Waals surface area contributed by atoms with Crippen LogP contribution in [0.25, 0.3) is 11.0 Å². The Hall–Kier alpha value is -3.55. The Balaban J connectivity index is 0.958. The second-order valence-corrected chi connectivity index (χ2v) is 14.2. The lowest BCUT2D eigenvalue weighted by Crippen LogP contribution is -2.46. The largest absolute Gasteiger partial charge is 0.381 e. The number of carbonyl (C=O) groups excluding carboxylic acids is 2. The minimum atomic E-state index is -0.850. The number of amides is 2. The first kappa shape index (κ1) is 41.2. The molecule has 52 heavy (non-hydrogen) atoms. The number of aliphatic hydroxyl groups excluding tert-OH is 1. The molecule has 12 heteroatoms. The number of aromatic nitrogens is 2. The van der Waals surface area contributed by atoms with Gasteiger partial charge in [0.15, 0.2) is 0 Å². The number of aryl methyl sites for hydroxylation is 3. The summed E-state index contributed by atoms with van der Waals surface area (Å²) in [6.45, 7) is 5.49. The van der Waals surface area contributed by atoms with Crippen LogP contribution in [0, 0.1) is 0 Å². The summed E-state index contributed by atoms with van der Waals surface area (Å²) in [7, 11) is 1.74. The number of unbranched alkanes of at least 4 members (excludes halogenated alkanes) is 5. The lowest BCUT2D eigenvalue weighted by atomic mass is 10.0. The van der Waals surface area contributed by atoms with Gasteiger partial charge in [0.05, 0.1) is 23.7 Å². The Morgan fingerprint density at radius 2 is 1.42 bits per heavy atom. The quantitative estimate of drug-likeness (QED) is 0.0923. The van der Waals surface area contributed by atoms with Crippen molar-refractivity contribution in [3.05, 3.63) is 69.6 Å². The number of nitrogens with zero attached hydrogens (tertiary/aromatic N) is 2. The molecule has 1 aromatic heterocycles. The normalized spacial score (nSPS) is 17.3. The number of imidazole rings is 1. The van der Waals surface area contributed by atoms with Gasteiger partial charge in [0.1, 0.15) is 12.3 Å². The van der Waals surface area contributed by atoms with Crippen LogP contribution < -0.4 is 22.5 Å². The first-order chi connectivity index (χ1) is 25.1. The van der Waals surface area contributed by atoms with Crippen LogP contribution in [-0.2, 0) is 50.3 Å². The molecule has 0 saturated carbocycles. The van der Waals surface area contributed by atoms with Crippen molar-refractivity contribution in [2.24, 2.45) is 18.5 Å². The van der Waals surface area contributed by atoms with E-state index in [1.165, 1.54) is 31.2 Å². The van der Waals surface area contributed by atoms with E-state index >= 15 is 0 Å². The highest BCUT2D eigenvalue weighted by Crippen LogP contribution is 2.25. The van der Waals surface area contributed by atoms with E-state index in [-0.39, 0.29) is 36.1 Å². The smallest absolute Gasteiger partial charge is 0.329 e. The maximum atomic E-state index is 13.0. The fourth-order valence-electron chi connectivity index (χ4n) is 6.66. The van der Waals surface area contributed by atoms with Crippen LogP contribution in [0.3, 0.4) is 0 Å². The second kappa shape index (κ2) is 21.9. The van der Waals surface area contributed by atoms with Crippen LogP contribution in [0.1, 0.15) is 107 Å². The molecule has 2 unspecified atom stereocenters. The summed E-state index contributed by atoms with van der Waals surface area (Å²) in [5.74, 6) is -0.659. The number of aliphatic hydroxyl groups is 1. The monoisotopic (exact) mass is 723 g/mol. The minimum absolute atomic E-state index is 0.145. The van der Waals surface area contributed by atoms with Crippen molar-refractivity contribution in [2.75, 3.05) is 26.4 Å². The van der Waals surface area contributed by atoms with E-state index in [9.17, 15) is 19.5 Å². The van der Waals surface area contributed by atoms with Gasteiger partial charge in [-0.2, -0.15) is 0 Å². The Morgan fingerprint density at radius 1 is 0.846 bits per heavy atom. The Kier molecular flexibility index (Phi) is 17.3. The van der Waals surface area contributed by atoms with E-state index in [4.69, 9.17) is 25.7 Å². The number of carbonyl (C=O) groups is 2. The molecule has 1 aliphatic rings. The van der Waals surface area contributed by atoms with E-state index in [0.717, 1.165) is 80.5 Å². The van der Waals surface area contributed by atoms with Gasteiger partial charge in [-0.05, 0) is 93.5 Å². The standard InChI is InChI=1S/C40H61N5O7/c1-29(33(41)18-21-37(42)46)52-28-32-15-13-30(14-16-32)11-9-25-50-23-7-5-3-4-6-8-24-51-26-10-12-31-17-19-34-36(27-31)44(2)40(49)45(34)35-20-22-38(47)43-39(35)48/h13-17,19,27,29,33,35,38,47H,3-12,18,20-26,28,41H2,1-2H3,(H2,42,46)(H,43,48)/t29-,33+,35?,38?/m1/s1. The zero-order valence-corrected chi connectivity index (χ0v) is 31.2. The van der Waals surface area contributed by atoms with Gasteiger partial charge in [-0.15, -0.1) is 0 Å². The second-order valence-electron chi connectivity index (χ2n) is 14.2. The Bertz CT molecular complexity index is 1590. The summed E-state index contributed by atoms with van der Waals surface area (Å²) in [5, 5.41) is 12.3. The first-order valence-corrected chi connectivity index (χ1v) is 19.2. The molecule has 1 aliphatic heterocycles. The molecule has 1 fully saturated rings. The summed E-state index contributed by atoms with van der Waals surface area (Å²) < 4.78 is 20.8. The van der Waals surface area contributed by atoms with E-state index in [2.05, 4.69) is 29.6 Å². The van der Waals surface area contributed by atoms with Gasteiger partial charge in [0, 0.05) is 45.9 Å².